The minimum atomic E-state index is -0.00815. The van der Waals surface area contributed by atoms with Gasteiger partial charge in [-0.1, -0.05) is 6.07 Å². The van der Waals surface area contributed by atoms with Gasteiger partial charge in [0.25, 0.3) is 0 Å². The molecule has 2 aliphatic rings. The minimum absolute atomic E-state index is 0.00815. The molecule has 2 aliphatic heterocycles. The lowest BCUT2D eigenvalue weighted by molar-refractivity contribution is -0.121. The largest absolute Gasteiger partial charge is 0.334 e. The van der Waals surface area contributed by atoms with Crippen LogP contribution >= 0.6 is 0 Å². The molecule has 0 saturated carbocycles. The SMILES string of the molecule is O=C1NC(c2ccccn2)N2CCCC12. The summed E-state index contributed by atoms with van der Waals surface area (Å²) in [6.07, 6.45) is 3.85. The van der Waals surface area contributed by atoms with E-state index in [0.717, 1.165) is 25.1 Å². The fourth-order valence-corrected chi connectivity index (χ4v) is 2.48. The number of hydrogen-bond donors (Lipinski definition) is 1. The van der Waals surface area contributed by atoms with E-state index < -0.39 is 0 Å². The van der Waals surface area contributed by atoms with Gasteiger partial charge in [0.15, 0.2) is 0 Å². The van der Waals surface area contributed by atoms with Crippen molar-refractivity contribution < 1.29 is 4.79 Å². The molecule has 4 heteroatoms. The maximum absolute atomic E-state index is 11.7. The molecule has 0 aliphatic carbocycles. The van der Waals surface area contributed by atoms with Gasteiger partial charge in [0.05, 0.1) is 11.7 Å². The Hall–Kier alpha value is -1.42. The van der Waals surface area contributed by atoms with E-state index >= 15 is 0 Å². The molecule has 0 bridgehead atoms. The lowest BCUT2D eigenvalue weighted by Gasteiger charge is -2.20. The zero-order valence-electron chi connectivity index (χ0n) is 8.39. The van der Waals surface area contributed by atoms with Gasteiger partial charge in [-0.15, -0.1) is 0 Å². The van der Waals surface area contributed by atoms with Gasteiger partial charge in [-0.2, -0.15) is 0 Å². The molecular weight excluding hydrogens is 190 g/mol. The van der Waals surface area contributed by atoms with Crippen molar-refractivity contribution in [3.05, 3.63) is 30.1 Å². The Labute approximate surface area is 88.3 Å². The Morgan fingerprint density at radius 1 is 1.47 bits per heavy atom. The number of fused-ring (bicyclic) bond motifs is 1. The number of pyridine rings is 1. The average molecular weight is 203 g/mol. The van der Waals surface area contributed by atoms with Crippen molar-refractivity contribution in [3.63, 3.8) is 0 Å². The van der Waals surface area contributed by atoms with Crippen LogP contribution in [0.25, 0.3) is 0 Å². The summed E-state index contributed by atoms with van der Waals surface area (Å²) in [7, 11) is 0. The molecule has 4 nitrogen and oxygen atoms in total. The summed E-state index contributed by atoms with van der Waals surface area (Å²) in [5, 5.41) is 3.00. The first-order valence-corrected chi connectivity index (χ1v) is 5.33. The molecular formula is C11H13N3O. The first kappa shape index (κ1) is 8.85. The highest BCUT2D eigenvalue weighted by Crippen LogP contribution is 2.31. The summed E-state index contributed by atoms with van der Waals surface area (Å²) < 4.78 is 0. The molecule has 2 unspecified atom stereocenters. The summed E-state index contributed by atoms with van der Waals surface area (Å²) in [6, 6.07) is 5.89. The molecule has 78 valence electrons. The fraction of sp³-hybridized carbons (Fsp3) is 0.455. The van der Waals surface area contributed by atoms with Crippen molar-refractivity contribution in [2.75, 3.05) is 6.54 Å². The Kier molecular flexibility index (Phi) is 1.95. The molecule has 0 radical (unpaired) electrons. The lowest BCUT2D eigenvalue weighted by atomic mass is 10.2. The van der Waals surface area contributed by atoms with Gasteiger partial charge in [0.2, 0.25) is 5.91 Å². The molecule has 2 atom stereocenters. The van der Waals surface area contributed by atoms with E-state index in [2.05, 4.69) is 15.2 Å². The maximum atomic E-state index is 11.7. The number of rotatable bonds is 1. The van der Waals surface area contributed by atoms with Crippen LogP contribution in [0.5, 0.6) is 0 Å². The Bertz CT molecular complexity index is 379. The molecule has 0 spiro atoms. The third kappa shape index (κ3) is 1.33. The molecule has 1 aromatic heterocycles. The molecule has 3 heterocycles. The zero-order valence-corrected chi connectivity index (χ0v) is 8.39. The van der Waals surface area contributed by atoms with Crippen LogP contribution in [0.1, 0.15) is 24.7 Å². The van der Waals surface area contributed by atoms with Crippen LogP contribution in [0.2, 0.25) is 0 Å². The monoisotopic (exact) mass is 203 g/mol. The Morgan fingerprint density at radius 2 is 2.40 bits per heavy atom. The first-order chi connectivity index (χ1) is 7.36. The highest BCUT2D eigenvalue weighted by molar-refractivity contribution is 5.84. The summed E-state index contributed by atoms with van der Waals surface area (Å²) in [6.45, 7) is 0.991. The minimum Gasteiger partial charge on any atom is -0.334 e. The zero-order chi connectivity index (χ0) is 10.3. The second kappa shape index (κ2) is 3.31. The van der Waals surface area contributed by atoms with Crippen molar-refractivity contribution in [1.29, 1.82) is 0 Å². The number of nitrogens with one attached hydrogen (secondary N) is 1. The summed E-state index contributed by atoms with van der Waals surface area (Å²) in [5.41, 5.74) is 0.940. The predicted molar refractivity (Wildman–Crippen MR) is 54.8 cm³/mol. The third-order valence-electron chi connectivity index (χ3n) is 3.18. The van der Waals surface area contributed by atoms with E-state index in [1.165, 1.54) is 0 Å². The second-order valence-electron chi connectivity index (χ2n) is 4.06. The highest BCUT2D eigenvalue weighted by atomic mass is 16.2. The summed E-state index contributed by atoms with van der Waals surface area (Å²) in [4.78, 5) is 18.2. The van der Waals surface area contributed by atoms with E-state index in [1.54, 1.807) is 6.20 Å². The molecule has 2 saturated heterocycles. The lowest BCUT2D eigenvalue weighted by Crippen LogP contribution is -2.29. The third-order valence-corrected chi connectivity index (χ3v) is 3.18. The van der Waals surface area contributed by atoms with Crippen LogP contribution in [0, 0.1) is 0 Å². The van der Waals surface area contributed by atoms with Gasteiger partial charge >= 0.3 is 0 Å². The Morgan fingerprint density at radius 3 is 3.20 bits per heavy atom. The van der Waals surface area contributed by atoms with Gasteiger partial charge in [0, 0.05) is 12.7 Å². The summed E-state index contributed by atoms with van der Waals surface area (Å²) in [5.74, 6) is 0.156. The smallest absolute Gasteiger partial charge is 0.238 e. The molecule has 1 N–H and O–H groups in total. The van der Waals surface area contributed by atoms with Crippen LogP contribution in [0.3, 0.4) is 0 Å². The van der Waals surface area contributed by atoms with Crippen LogP contribution in [0.4, 0.5) is 0 Å². The van der Waals surface area contributed by atoms with Crippen LogP contribution in [-0.4, -0.2) is 28.4 Å². The fourth-order valence-electron chi connectivity index (χ4n) is 2.48. The van der Waals surface area contributed by atoms with Crippen molar-refractivity contribution in [1.82, 2.24) is 15.2 Å². The van der Waals surface area contributed by atoms with Crippen molar-refractivity contribution in [2.45, 2.75) is 25.0 Å². The van der Waals surface area contributed by atoms with Crippen LogP contribution in [-0.2, 0) is 4.79 Å². The van der Waals surface area contributed by atoms with E-state index in [9.17, 15) is 4.79 Å². The van der Waals surface area contributed by atoms with Gasteiger partial charge in [0.1, 0.15) is 6.17 Å². The first-order valence-electron chi connectivity index (χ1n) is 5.33. The van der Waals surface area contributed by atoms with Gasteiger partial charge in [-0.3, -0.25) is 14.7 Å². The number of nitrogens with zero attached hydrogens (tertiary/aromatic N) is 2. The molecule has 2 fully saturated rings. The number of carbonyl (C=O) groups excluding carboxylic acids is 1. The van der Waals surface area contributed by atoms with E-state index in [-0.39, 0.29) is 18.1 Å². The maximum Gasteiger partial charge on any atom is 0.238 e. The number of hydrogen-bond acceptors (Lipinski definition) is 3. The molecule has 15 heavy (non-hydrogen) atoms. The molecule has 3 rings (SSSR count). The van der Waals surface area contributed by atoms with Gasteiger partial charge < -0.3 is 5.32 Å². The number of amides is 1. The summed E-state index contributed by atoms with van der Waals surface area (Å²) >= 11 is 0. The van der Waals surface area contributed by atoms with Crippen LogP contribution < -0.4 is 5.32 Å². The molecule has 0 aromatic carbocycles. The van der Waals surface area contributed by atoms with E-state index in [4.69, 9.17) is 0 Å². The highest BCUT2D eigenvalue weighted by Gasteiger charge is 2.43. The average Bonchev–Trinajstić information content (AvgIpc) is 2.84. The quantitative estimate of drug-likeness (QED) is 0.729. The van der Waals surface area contributed by atoms with Gasteiger partial charge in [-0.05, 0) is 25.0 Å². The topological polar surface area (TPSA) is 45.2 Å². The normalized spacial score (nSPS) is 30.3. The van der Waals surface area contributed by atoms with Crippen LogP contribution in [0.15, 0.2) is 24.4 Å². The van der Waals surface area contributed by atoms with Crippen molar-refractivity contribution >= 4 is 5.91 Å². The van der Waals surface area contributed by atoms with Gasteiger partial charge in [-0.25, -0.2) is 0 Å². The Balaban J connectivity index is 1.92. The standard InChI is InChI=1S/C11H13N3O/c15-11-9-5-3-7-14(9)10(13-11)8-4-1-2-6-12-8/h1-2,4,6,9-10H,3,5,7H2,(H,13,15). The predicted octanol–water partition coefficient (Wildman–Crippen LogP) is 0.674. The van der Waals surface area contributed by atoms with E-state index in [1.807, 2.05) is 18.2 Å². The van der Waals surface area contributed by atoms with E-state index in [0.29, 0.717) is 0 Å². The van der Waals surface area contributed by atoms with Crippen molar-refractivity contribution in [3.8, 4) is 0 Å². The number of aromatic nitrogens is 1. The second-order valence-corrected chi connectivity index (χ2v) is 4.06. The molecule has 1 aromatic rings. The molecule has 1 amide bonds. The van der Waals surface area contributed by atoms with Crippen molar-refractivity contribution in [2.24, 2.45) is 0 Å². The number of carbonyl (C=O) groups is 1.